The minimum atomic E-state index is -0.388. The summed E-state index contributed by atoms with van der Waals surface area (Å²) in [6.07, 6.45) is 1.48. The van der Waals surface area contributed by atoms with Crippen LogP contribution >= 0.6 is 0 Å². The van der Waals surface area contributed by atoms with Crippen molar-refractivity contribution >= 4 is 5.78 Å². The van der Waals surface area contributed by atoms with Crippen LogP contribution in [0.1, 0.15) is 44.7 Å². The number of benzene rings is 1. The van der Waals surface area contributed by atoms with E-state index in [1.807, 2.05) is 26.8 Å². The normalized spacial score (nSPS) is 24.8. The van der Waals surface area contributed by atoms with Gasteiger partial charge >= 0.3 is 0 Å². The average molecular weight is 276 g/mol. The van der Waals surface area contributed by atoms with E-state index in [0.29, 0.717) is 12.2 Å². The molecule has 0 heterocycles. The molecule has 0 aliphatic heterocycles. The second-order valence-electron chi connectivity index (χ2n) is 6.38. The summed E-state index contributed by atoms with van der Waals surface area (Å²) in [6.45, 7) is 8.23. The van der Waals surface area contributed by atoms with Crippen LogP contribution in [-0.2, 0) is 10.2 Å². The topological polar surface area (TPSA) is 35.5 Å². The molecule has 20 heavy (non-hydrogen) atoms. The first-order chi connectivity index (χ1) is 9.29. The van der Waals surface area contributed by atoms with Crippen LogP contribution in [0.25, 0.3) is 0 Å². The molecule has 0 unspecified atom stereocenters. The van der Waals surface area contributed by atoms with E-state index in [1.54, 1.807) is 14.2 Å². The molecule has 0 aromatic heterocycles. The Morgan fingerprint density at radius 3 is 2.10 bits per heavy atom. The molecule has 0 N–H and O–H groups in total. The van der Waals surface area contributed by atoms with Crippen LogP contribution in [0.5, 0.6) is 11.5 Å². The lowest BCUT2D eigenvalue weighted by molar-refractivity contribution is -0.125. The molecule has 0 radical (unpaired) electrons. The third-order valence-electron chi connectivity index (χ3n) is 5.24. The Labute approximate surface area is 121 Å². The van der Waals surface area contributed by atoms with E-state index >= 15 is 0 Å². The molecule has 110 valence electrons. The molecule has 1 saturated carbocycles. The van der Waals surface area contributed by atoms with Gasteiger partial charge in [-0.15, -0.1) is 0 Å². The molecule has 0 spiro atoms. The number of methoxy groups -OCH3 is 2. The summed E-state index contributed by atoms with van der Waals surface area (Å²) in [4.78, 5) is 12.2. The molecular formula is C17H24O3. The van der Waals surface area contributed by atoms with Crippen molar-refractivity contribution in [3.05, 3.63) is 23.3 Å². The number of carbonyl (C=O) groups is 1. The van der Waals surface area contributed by atoms with Crippen molar-refractivity contribution < 1.29 is 14.3 Å². The van der Waals surface area contributed by atoms with E-state index in [4.69, 9.17) is 9.47 Å². The summed E-state index contributed by atoms with van der Waals surface area (Å²) in [7, 11) is 3.32. The third-order valence-corrected chi connectivity index (χ3v) is 5.24. The summed E-state index contributed by atoms with van der Waals surface area (Å²) in [5.41, 5.74) is 1.49. The zero-order valence-electron chi connectivity index (χ0n) is 13.3. The van der Waals surface area contributed by atoms with Crippen molar-refractivity contribution in [1.29, 1.82) is 0 Å². The van der Waals surface area contributed by atoms with Gasteiger partial charge < -0.3 is 9.47 Å². The van der Waals surface area contributed by atoms with Gasteiger partial charge in [0.1, 0.15) is 5.78 Å². The minimum absolute atomic E-state index is 0.226. The highest BCUT2D eigenvalue weighted by atomic mass is 16.5. The van der Waals surface area contributed by atoms with Crippen molar-refractivity contribution in [3.63, 3.8) is 0 Å². The van der Waals surface area contributed by atoms with Crippen molar-refractivity contribution in [1.82, 2.24) is 0 Å². The first-order valence-electron chi connectivity index (χ1n) is 7.05. The maximum absolute atomic E-state index is 12.2. The highest BCUT2D eigenvalue weighted by Gasteiger charge is 2.53. The molecule has 1 atom stereocenters. The number of carbonyl (C=O) groups excluding carboxylic acids is 1. The number of ketones is 1. The Kier molecular flexibility index (Phi) is 3.57. The molecular weight excluding hydrogens is 252 g/mol. The molecule has 2 rings (SSSR count). The lowest BCUT2D eigenvalue weighted by atomic mass is 9.64. The molecule has 3 nitrogen and oxygen atoms in total. The molecule has 0 amide bonds. The first kappa shape index (κ1) is 14.9. The Bertz CT molecular complexity index is 545. The van der Waals surface area contributed by atoms with Crippen LogP contribution in [0, 0.1) is 12.3 Å². The molecule has 1 aromatic carbocycles. The second-order valence-corrected chi connectivity index (χ2v) is 6.38. The van der Waals surface area contributed by atoms with Crippen LogP contribution in [0.4, 0.5) is 0 Å². The van der Waals surface area contributed by atoms with Crippen LogP contribution in [0.3, 0.4) is 0 Å². The van der Waals surface area contributed by atoms with Crippen molar-refractivity contribution in [3.8, 4) is 11.5 Å². The number of ether oxygens (including phenoxy) is 2. The molecule has 1 aromatic rings. The van der Waals surface area contributed by atoms with E-state index in [0.717, 1.165) is 29.0 Å². The van der Waals surface area contributed by atoms with Gasteiger partial charge in [-0.2, -0.15) is 0 Å². The zero-order chi connectivity index (χ0) is 15.1. The Balaban J connectivity index is 2.67. The van der Waals surface area contributed by atoms with E-state index in [2.05, 4.69) is 13.0 Å². The number of hydrogen-bond acceptors (Lipinski definition) is 3. The van der Waals surface area contributed by atoms with Gasteiger partial charge in [0, 0.05) is 22.8 Å². The van der Waals surface area contributed by atoms with Crippen LogP contribution < -0.4 is 9.47 Å². The smallest absolute Gasteiger partial charge is 0.164 e. The maximum Gasteiger partial charge on any atom is 0.164 e. The fourth-order valence-electron chi connectivity index (χ4n) is 3.32. The fourth-order valence-corrected chi connectivity index (χ4v) is 3.32. The van der Waals surface area contributed by atoms with E-state index in [9.17, 15) is 4.79 Å². The SMILES string of the molecule is COc1c(C)ccc([C@]2(C)CCC(=O)C2(C)C)c1OC. The van der Waals surface area contributed by atoms with E-state index in [-0.39, 0.29) is 10.8 Å². The maximum atomic E-state index is 12.2. The lowest BCUT2D eigenvalue weighted by Gasteiger charge is -2.38. The van der Waals surface area contributed by atoms with Gasteiger partial charge in [-0.1, -0.05) is 32.9 Å². The van der Waals surface area contributed by atoms with Gasteiger partial charge in [0.05, 0.1) is 14.2 Å². The predicted octanol–water partition coefficient (Wildman–Crippen LogP) is 3.66. The summed E-state index contributed by atoms with van der Waals surface area (Å²) < 4.78 is 11.1. The second kappa shape index (κ2) is 4.80. The van der Waals surface area contributed by atoms with Crippen LogP contribution in [0.15, 0.2) is 12.1 Å². The van der Waals surface area contributed by atoms with Gasteiger partial charge in [-0.05, 0) is 18.9 Å². The number of aryl methyl sites for hydroxylation is 1. The minimum Gasteiger partial charge on any atom is -0.493 e. The molecule has 1 fully saturated rings. The zero-order valence-corrected chi connectivity index (χ0v) is 13.3. The molecule has 0 bridgehead atoms. The summed E-state index contributed by atoms with van der Waals surface area (Å²) in [6, 6.07) is 4.12. The van der Waals surface area contributed by atoms with Crippen LogP contribution in [0.2, 0.25) is 0 Å². The van der Waals surface area contributed by atoms with Crippen molar-refractivity contribution in [2.24, 2.45) is 5.41 Å². The Hall–Kier alpha value is -1.51. The third kappa shape index (κ3) is 1.83. The van der Waals surface area contributed by atoms with Gasteiger partial charge in [0.25, 0.3) is 0 Å². The van der Waals surface area contributed by atoms with Crippen LogP contribution in [-0.4, -0.2) is 20.0 Å². The number of rotatable bonds is 3. The lowest BCUT2D eigenvalue weighted by Crippen LogP contribution is -2.38. The fraction of sp³-hybridized carbons (Fsp3) is 0.588. The quantitative estimate of drug-likeness (QED) is 0.845. The molecule has 0 saturated heterocycles. The summed E-state index contributed by atoms with van der Waals surface area (Å²) in [5.74, 6) is 1.85. The predicted molar refractivity (Wildman–Crippen MR) is 79.7 cm³/mol. The van der Waals surface area contributed by atoms with E-state index in [1.165, 1.54) is 0 Å². The monoisotopic (exact) mass is 276 g/mol. The number of hydrogen-bond donors (Lipinski definition) is 0. The summed E-state index contributed by atoms with van der Waals surface area (Å²) in [5, 5.41) is 0. The van der Waals surface area contributed by atoms with Gasteiger partial charge in [0.2, 0.25) is 0 Å². The average Bonchev–Trinajstić information content (AvgIpc) is 2.62. The van der Waals surface area contributed by atoms with E-state index < -0.39 is 0 Å². The molecule has 1 aliphatic rings. The standard InChI is InChI=1S/C17H24O3/c1-11-7-8-12(15(20-6)14(11)19-5)17(4)10-9-13(18)16(17,2)3/h7-8H,9-10H2,1-6H3/t17-/m0/s1. The Morgan fingerprint density at radius 1 is 1.05 bits per heavy atom. The largest absolute Gasteiger partial charge is 0.493 e. The first-order valence-corrected chi connectivity index (χ1v) is 7.05. The van der Waals surface area contributed by atoms with Gasteiger partial charge in [-0.25, -0.2) is 0 Å². The highest BCUT2D eigenvalue weighted by Crippen LogP contribution is 2.55. The number of Topliss-reactive ketones (excluding diaryl/α,β-unsaturated/α-hetero) is 1. The highest BCUT2D eigenvalue weighted by molar-refractivity contribution is 5.89. The van der Waals surface area contributed by atoms with Crippen molar-refractivity contribution in [2.75, 3.05) is 14.2 Å². The van der Waals surface area contributed by atoms with Gasteiger partial charge in [0.15, 0.2) is 11.5 Å². The van der Waals surface area contributed by atoms with Gasteiger partial charge in [-0.3, -0.25) is 4.79 Å². The summed E-state index contributed by atoms with van der Waals surface area (Å²) >= 11 is 0. The van der Waals surface area contributed by atoms with Crippen molar-refractivity contribution in [2.45, 2.75) is 46.0 Å². The molecule has 1 aliphatic carbocycles. The Morgan fingerprint density at radius 2 is 1.65 bits per heavy atom. The molecule has 3 heteroatoms.